The molecule has 6 heteroatoms. The van der Waals surface area contributed by atoms with Gasteiger partial charge in [-0.25, -0.2) is 0 Å². The van der Waals surface area contributed by atoms with Crippen molar-refractivity contribution in [2.24, 2.45) is 0 Å². The first-order valence-electron chi connectivity index (χ1n) is 6.37. The molecule has 22 heavy (non-hydrogen) atoms. The first-order chi connectivity index (χ1) is 10.5. The zero-order chi connectivity index (χ0) is 15.9. The fourth-order valence-corrected chi connectivity index (χ4v) is 2.15. The van der Waals surface area contributed by atoms with E-state index in [1.165, 1.54) is 31.4 Å². The van der Waals surface area contributed by atoms with Crippen LogP contribution in [-0.4, -0.2) is 22.4 Å². The predicted octanol–water partition coefficient (Wildman–Crippen LogP) is 2.59. The molecule has 6 nitrogen and oxygen atoms in total. The number of hydrogen-bond acceptors (Lipinski definition) is 6. The summed E-state index contributed by atoms with van der Waals surface area (Å²) in [5.41, 5.74) is -0.0727. The normalized spacial score (nSPS) is 10.8. The second-order valence-corrected chi connectivity index (χ2v) is 4.67. The highest BCUT2D eigenvalue weighted by Crippen LogP contribution is 2.35. The second kappa shape index (κ2) is 5.00. The summed E-state index contributed by atoms with van der Waals surface area (Å²) in [4.78, 5) is 12.3. The molecule has 1 aromatic heterocycles. The Bertz CT molecular complexity index is 926. The smallest absolute Gasteiger partial charge is 0.235 e. The molecule has 3 aromatic rings. The third-order valence-electron chi connectivity index (χ3n) is 3.31. The van der Waals surface area contributed by atoms with Crippen LogP contribution in [0.5, 0.6) is 23.0 Å². The lowest BCUT2D eigenvalue weighted by Crippen LogP contribution is -2.02. The van der Waals surface area contributed by atoms with Gasteiger partial charge in [0.05, 0.1) is 12.5 Å². The van der Waals surface area contributed by atoms with E-state index in [0.717, 1.165) is 0 Å². The van der Waals surface area contributed by atoms with Crippen molar-refractivity contribution < 1.29 is 24.5 Å². The number of methoxy groups -OCH3 is 1. The highest BCUT2D eigenvalue weighted by atomic mass is 16.5. The molecule has 3 N–H and O–H groups in total. The average molecular weight is 300 g/mol. The Hall–Kier alpha value is -3.15. The monoisotopic (exact) mass is 300 g/mol. The fraction of sp³-hybridized carbons (Fsp3) is 0.0625. The molecular weight excluding hydrogens is 288 g/mol. The number of aromatic hydroxyl groups is 3. The summed E-state index contributed by atoms with van der Waals surface area (Å²) in [5, 5.41) is 29.1. The van der Waals surface area contributed by atoms with Crippen LogP contribution in [-0.2, 0) is 0 Å². The molecule has 0 radical (unpaired) electrons. The predicted molar refractivity (Wildman–Crippen MR) is 79.5 cm³/mol. The number of phenols is 2. The van der Waals surface area contributed by atoms with Crippen molar-refractivity contribution in [3.63, 3.8) is 0 Å². The summed E-state index contributed by atoms with van der Waals surface area (Å²) >= 11 is 0. The maximum atomic E-state index is 12.3. The lowest BCUT2D eigenvalue weighted by atomic mass is 10.1. The number of rotatable bonds is 2. The molecule has 3 rings (SSSR count). The minimum absolute atomic E-state index is 0.0852. The Balaban J connectivity index is 2.29. The van der Waals surface area contributed by atoms with Gasteiger partial charge in [-0.05, 0) is 36.4 Å². The van der Waals surface area contributed by atoms with Crippen LogP contribution in [0.4, 0.5) is 0 Å². The van der Waals surface area contributed by atoms with Crippen LogP contribution in [0.25, 0.3) is 22.3 Å². The van der Waals surface area contributed by atoms with Crippen LogP contribution in [0.2, 0.25) is 0 Å². The van der Waals surface area contributed by atoms with Gasteiger partial charge in [-0.15, -0.1) is 0 Å². The van der Waals surface area contributed by atoms with Crippen molar-refractivity contribution in [3.8, 4) is 34.3 Å². The quantitative estimate of drug-likeness (QED) is 0.629. The van der Waals surface area contributed by atoms with Gasteiger partial charge in [0.2, 0.25) is 11.2 Å². The van der Waals surface area contributed by atoms with Crippen LogP contribution >= 0.6 is 0 Å². The first kappa shape index (κ1) is 13.8. The van der Waals surface area contributed by atoms with Crippen molar-refractivity contribution in [1.29, 1.82) is 0 Å². The van der Waals surface area contributed by atoms with Gasteiger partial charge in [0.25, 0.3) is 0 Å². The van der Waals surface area contributed by atoms with E-state index < -0.39 is 11.2 Å². The second-order valence-electron chi connectivity index (χ2n) is 4.67. The Kier molecular flexibility index (Phi) is 3.14. The topological polar surface area (TPSA) is 100 Å². The van der Waals surface area contributed by atoms with E-state index in [4.69, 9.17) is 9.15 Å². The zero-order valence-electron chi connectivity index (χ0n) is 11.5. The lowest BCUT2D eigenvalue weighted by molar-refractivity contribution is 0.403. The van der Waals surface area contributed by atoms with E-state index in [-0.39, 0.29) is 33.8 Å². The number of hydrogen-bond donors (Lipinski definition) is 3. The van der Waals surface area contributed by atoms with Gasteiger partial charge in [0.15, 0.2) is 17.3 Å². The Labute approximate surface area is 124 Å². The van der Waals surface area contributed by atoms with Gasteiger partial charge in [0, 0.05) is 5.56 Å². The first-order valence-corrected chi connectivity index (χ1v) is 6.37. The van der Waals surface area contributed by atoms with Crippen LogP contribution < -0.4 is 10.2 Å². The van der Waals surface area contributed by atoms with E-state index in [0.29, 0.717) is 5.75 Å². The maximum Gasteiger partial charge on any atom is 0.235 e. The summed E-state index contributed by atoms with van der Waals surface area (Å²) in [6.07, 6.45) is 0. The summed E-state index contributed by atoms with van der Waals surface area (Å²) in [7, 11) is 1.47. The van der Waals surface area contributed by atoms with Crippen LogP contribution in [0, 0.1) is 0 Å². The fourth-order valence-electron chi connectivity index (χ4n) is 2.15. The van der Waals surface area contributed by atoms with Gasteiger partial charge < -0.3 is 24.5 Å². The molecule has 0 amide bonds. The molecule has 112 valence electrons. The maximum absolute atomic E-state index is 12.3. The highest BCUT2D eigenvalue weighted by Gasteiger charge is 2.17. The van der Waals surface area contributed by atoms with Gasteiger partial charge >= 0.3 is 0 Å². The molecule has 2 aromatic carbocycles. The Morgan fingerprint density at radius 3 is 2.45 bits per heavy atom. The highest BCUT2D eigenvalue weighted by molar-refractivity contribution is 5.83. The molecule has 0 fully saturated rings. The van der Waals surface area contributed by atoms with E-state index in [2.05, 4.69) is 0 Å². The summed E-state index contributed by atoms with van der Waals surface area (Å²) in [5.74, 6) is -0.886. The van der Waals surface area contributed by atoms with E-state index >= 15 is 0 Å². The van der Waals surface area contributed by atoms with E-state index in [9.17, 15) is 20.1 Å². The third kappa shape index (κ3) is 2.10. The molecule has 0 saturated carbocycles. The number of ether oxygens (including phenoxy) is 1. The average Bonchev–Trinajstić information content (AvgIpc) is 2.53. The van der Waals surface area contributed by atoms with Crippen molar-refractivity contribution in [3.05, 3.63) is 46.6 Å². The van der Waals surface area contributed by atoms with Gasteiger partial charge in [0.1, 0.15) is 11.3 Å². The van der Waals surface area contributed by atoms with Crippen molar-refractivity contribution in [1.82, 2.24) is 0 Å². The van der Waals surface area contributed by atoms with Crippen molar-refractivity contribution in [2.45, 2.75) is 0 Å². The Morgan fingerprint density at radius 2 is 1.77 bits per heavy atom. The van der Waals surface area contributed by atoms with Gasteiger partial charge in [-0.2, -0.15) is 0 Å². The standard InChI is InChI=1S/C16H12O6/c1-21-9-3-5-13-10(7-9)14(19)15(20)16(22-13)8-2-4-11(17)12(18)6-8/h2-7,17-18,20H,1H3. The summed E-state index contributed by atoms with van der Waals surface area (Å²) in [6, 6.07) is 8.51. The minimum Gasteiger partial charge on any atom is -0.504 e. The SMILES string of the molecule is COc1ccc2oc(-c3ccc(O)c(O)c3)c(O)c(=O)c2c1. The van der Waals surface area contributed by atoms with Crippen molar-refractivity contribution >= 4 is 11.0 Å². The summed E-state index contributed by atoms with van der Waals surface area (Å²) < 4.78 is 10.6. The molecule has 0 aliphatic carbocycles. The molecule has 0 atom stereocenters. The third-order valence-corrected chi connectivity index (χ3v) is 3.31. The number of fused-ring (bicyclic) bond motifs is 1. The van der Waals surface area contributed by atoms with Crippen molar-refractivity contribution in [2.75, 3.05) is 7.11 Å². The molecule has 0 aliphatic rings. The number of phenolic OH excluding ortho intramolecular Hbond substituents is 2. The zero-order valence-corrected chi connectivity index (χ0v) is 11.5. The summed E-state index contributed by atoms with van der Waals surface area (Å²) in [6.45, 7) is 0. The Morgan fingerprint density at radius 1 is 1.00 bits per heavy atom. The number of benzene rings is 2. The van der Waals surface area contributed by atoms with Gasteiger partial charge in [-0.3, -0.25) is 4.79 Å². The lowest BCUT2D eigenvalue weighted by Gasteiger charge is -2.08. The van der Waals surface area contributed by atoms with E-state index in [1.807, 2.05) is 0 Å². The van der Waals surface area contributed by atoms with Crippen LogP contribution in [0.3, 0.4) is 0 Å². The molecule has 0 unspecified atom stereocenters. The van der Waals surface area contributed by atoms with Crippen LogP contribution in [0.15, 0.2) is 45.6 Å². The van der Waals surface area contributed by atoms with Gasteiger partial charge in [-0.1, -0.05) is 0 Å². The molecule has 1 heterocycles. The molecular formula is C16H12O6. The largest absolute Gasteiger partial charge is 0.504 e. The molecule has 0 aliphatic heterocycles. The van der Waals surface area contributed by atoms with E-state index in [1.54, 1.807) is 12.1 Å². The molecule has 0 bridgehead atoms. The minimum atomic E-state index is -0.609. The molecule has 0 spiro atoms. The van der Waals surface area contributed by atoms with Crippen LogP contribution in [0.1, 0.15) is 0 Å². The molecule has 0 saturated heterocycles.